The lowest BCUT2D eigenvalue weighted by atomic mass is 10.2. The topological polar surface area (TPSA) is 98.9 Å². The molecule has 0 amide bonds. The number of aromatic carboxylic acids is 1. The number of benzene rings is 1. The van der Waals surface area contributed by atoms with Crippen molar-refractivity contribution in [2.45, 2.75) is 12.5 Å². The van der Waals surface area contributed by atoms with Crippen LogP contribution in [-0.2, 0) is 4.74 Å². The highest BCUT2D eigenvalue weighted by Crippen LogP contribution is 2.30. The Balaban J connectivity index is 2.30. The van der Waals surface area contributed by atoms with Crippen LogP contribution in [0, 0.1) is 10.1 Å². The number of nitro groups is 1. The van der Waals surface area contributed by atoms with Crippen LogP contribution in [0.25, 0.3) is 0 Å². The molecule has 0 aliphatic carbocycles. The second-order valence-corrected chi connectivity index (χ2v) is 3.85. The molecule has 0 saturated carbocycles. The van der Waals surface area contributed by atoms with Crippen LogP contribution in [0.4, 0.5) is 5.69 Å². The van der Waals surface area contributed by atoms with Crippen LogP contribution in [0.2, 0.25) is 0 Å². The van der Waals surface area contributed by atoms with Crippen molar-refractivity contribution in [2.24, 2.45) is 0 Å². The Hall–Kier alpha value is -2.15. The molecular weight excluding hydrogens is 242 g/mol. The Morgan fingerprint density at radius 1 is 1.56 bits per heavy atom. The molecule has 0 radical (unpaired) electrons. The monoisotopic (exact) mass is 253 g/mol. The molecule has 1 aromatic carbocycles. The van der Waals surface area contributed by atoms with Gasteiger partial charge in [0.1, 0.15) is 6.10 Å². The van der Waals surface area contributed by atoms with Gasteiger partial charge >= 0.3 is 11.7 Å². The maximum Gasteiger partial charge on any atom is 0.335 e. The maximum absolute atomic E-state index is 10.8. The highest BCUT2D eigenvalue weighted by Gasteiger charge is 2.23. The van der Waals surface area contributed by atoms with Gasteiger partial charge in [-0.05, 0) is 6.07 Å². The molecule has 7 heteroatoms. The SMILES string of the molecule is O=C(O)c1ccc([N+](=O)[O-])c(OC2CCOC2)c1. The summed E-state index contributed by atoms with van der Waals surface area (Å²) < 4.78 is 10.5. The minimum atomic E-state index is -1.16. The van der Waals surface area contributed by atoms with Gasteiger partial charge in [-0.3, -0.25) is 10.1 Å². The standard InChI is InChI=1S/C11H11NO6/c13-11(14)7-1-2-9(12(15)16)10(5-7)18-8-3-4-17-6-8/h1-2,5,8H,3-4,6H2,(H,13,14). The summed E-state index contributed by atoms with van der Waals surface area (Å²) in [6.45, 7) is 0.894. The van der Waals surface area contributed by atoms with Gasteiger partial charge in [-0.1, -0.05) is 0 Å². The van der Waals surface area contributed by atoms with Gasteiger partial charge in [-0.2, -0.15) is 0 Å². The molecule has 0 bridgehead atoms. The maximum atomic E-state index is 10.8. The fraction of sp³-hybridized carbons (Fsp3) is 0.364. The minimum Gasteiger partial charge on any atom is -0.481 e. The van der Waals surface area contributed by atoms with Gasteiger partial charge in [-0.15, -0.1) is 0 Å². The number of carboxylic acids is 1. The summed E-state index contributed by atoms with van der Waals surface area (Å²) in [5.41, 5.74) is -0.290. The molecule has 7 nitrogen and oxygen atoms in total. The van der Waals surface area contributed by atoms with E-state index in [1.807, 2.05) is 0 Å². The number of nitrogens with zero attached hydrogens (tertiary/aromatic N) is 1. The predicted octanol–water partition coefficient (Wildman–Crippen LogP) is 1.46. The Morgan fingerprint density at radius 3 is 2.89 bits per heavy atom. The fourth-order valence-corrected chi connectivity index (χ4v) is 1.68. The molecule has 0 spiro atoms. The van der Waals surface area contributed by atoms with Gasteiger partial charge in [0.25, 0.3) is 0 Å². The van der Waals surface area contributed by atoms with Crippen molar-refractivity contribution < 1.29 is 24.3 Å². The number of rotatable bonds is 4. The highest BCUT2D eigenvalue weighted by molar-refractivity contribution is 5.88. The van der Waals surface area contributed by atoms with E-state index in [-0.39, 0.29) is 23.1 Å². The molecule has 1 fully saturated rings. The lowest BCUT2D eigenvalue weighted by Crippen LogP contribution is -2.16. The van der Waals surface area contributed by atoms with Gasteiger partial charge in [0.2, 0.25) is 0 Å². The number of nitro benzene ring substituents is 1. The quantitative estimate of drug-likeness (QED) is 0.644. The lowest BCUT2D eigenvalue weighted by Gasteiger charge is -2.12. The number of carbonyl (C=O) groups is 1. The van der Waals surface area contributed by atoms with E-state index in [0.717, 1.165) is 6.07 Å². The third kappa shape index (κ3) is 2.57. The Morgan fingerprint density at radius 2 is 2.33 bits per heavy atom. The third-order valence-electron chi connectivity index (χ3n) is 2.58. The Labute approximate surface area is 102 Å². The third-order valence-corrected chi connectivity index (χ3v) is 2.58. The first kappa shape index (κ1) is 12.3. The average molecular weight is 253 g/mol. The number of hydrogen-bond donors (Lipinski definition) is 1. The Bertz CT molecular complexity index is 480. The number of carboxylic acid groups (broad SMARTS) is 1. The van der Waals surface area contributed by atoms with Gasteiger partial charge in [0, 0.05) is 18.6 Å². The van der Waals surface area contributed by atoms with E-state index < -0.39 is 10.9 Å². The molecule has 1 saturated heterocycles. The molecule has 1 atom stereocenters. The van der Waals surface area contributed by atoms with Crippen LogP contribution in [0.15, 0.2) is 18.2 Å². The average Bonchev–Trinajstić information content (AvgIpc) is 2.81. The first-order chi connectivity index (χ1) is 8.58. The van der Waals surface area contributed by atoms with E-state index in [1.54, 1.807) is 0 Å². The molecular formula is C11H11NO6. The molecule has 0 aromatic heterocycles. The summed E-state index contributed by atoms with van der Waals surface area (Å²) in [6, 6.07) is 3.48. The zero-order valence-corrected chi connectivity index (χ0v) is 9.37. The van der Waals surface area contributed by atoms with Gasteiger partial charge in [0.15, 0.2) is 5.75 Å². The summed E-state index contributed by atoms with van der Waals surface area (Å²) >= 11 is 0. The van der Waals surface area contributed by atoms with Crippen molar-refractivity contribution in [1.29, 1.82) is 0 Å². The van der Waals surface area contributed by atoms with E-state index >= 15 is 0 Å². The van der Waals surface area contributed by atoms with E-state index in [0.29, 0.717) is 19.6 Å². The summed E-state index contributed by atoms with van der Waals surface area (Å²) in [6.07, 6.45) is 0.363. The van der Waals surface area contributed by atoms with Crippen molar-refractivity contribution >= 4 is 11.7 Å². The fourth-order valence-electron chi connectivity index (χ4n) is 1.68. The minimum absolute atomic E-state index is 0.0320. The first-order valence-electron chi connectivity index (χ1n) is 5.34. The van der Waals surface area contributed by atoms with Gasteiger partial charge in [-0.25, -0.2) is 4.79 Å². The Kier molecular flexibility index (Phi) is 3.42. The highest BCUT2D eigenvalue weighted by atomic mass is 16.6. The van der Waals surface area contributed by atoms with Crippen LogP contribution in [0.5, 0.6) is 5.75 Å². The van der Waals surface area contributed by atoms with Crippen molar-refractivity contribution in [1.82, 2.24) is 0 Å². The zero-order valence-electron chi connectivity index (χ0n) is 9.37. The molecule has 1 unspecified atom stereocenters. The first-order valence-corrected chi connectivity index (χ1v) is 5.34. The van der Waals surface area contributed by atoms with Crippen molar-refractivity contribution in [3.8, 4) is 5.75 Å². The molecule has 1 N–H and O–H groups in total. The molecule has 1 aliphatic heterocycles. The summed E-state index contributed by atoms with van der Waals surface area (Å²) in [4.78, 5) is 21.0. The predicted molar refractivity (Wildman–Crippen MR) is 59.9 cm³/mol. The van der Waals surface area contributed by atoms with Crippen molar-refractivity contribution in [3.63, 3.8) is 0 Å². The van der Waals surface area contributed by atoms with Crippen LogP contribution in [0.1, 0.15) is 16.8 Å². The lowest BCUT2D eigenvalue weighted by molar-refractivity contribution is -0.386. The van der Waals surface area contributed by atoms with E-state index in [2.05, 4.69) is 0 Å². The normalized spacial score (nSPS) is 18.6. The molecule has 2 rings (SSSR count). The number of hydrogen-bond acceptors (Lipinski definition) is 5. The van der Waals surface area contributed by atoms with E-state index in [1.165, 1.54) is 12.1 Å². The largest absolute Gasteiger partial charge is 0.481 e. The summed E-state index contributed by atoms with van der Waals surface area (Å²) in [7, 11) is 0. The van der Waals surface area contributed by atoms with Crippen LogP contribution in [0.3, 0.4) is 0 Å². The summed E-state index contributed by atoms with van der Waals surface area (Å²) in [5.74, 6) is -1.19. The van der Waals surface area contributed by atoms with Crippen LogP contribution in [-0.4, -0.2) is 35.3 Å². The van der Waals surface area contributed by atoms with E-state index in [4.69, 9.17) is 14.6 Å². The van der Waals surface area contributed by atoms with Crippen LogP contribution >= 0.6 is 0 Å². The van der Waals surface area contributed by atoms with Gasteiger partial charge in [0.05, 0.1) is 23.7 Å². The van der Waals surface area contributed by atoms with Crippen molar-refractivity contribution in [2.75, 3.05) is 13.2 Å². The van der Waals surface area contributed by atoms with E-state index in [9.17, 15) is 14.9 Å². The second-order valence-electron chi connectivity index (χ2n) is 3.85. The molecule has 18 heavy (non-hydrogen) atoms. The molecule has 1 aromatic rings. The second kappa shape index (κ2) is 5.01. The molecule has 1 heterocycles. The van der Waals surface area contributed by atoms with Crippen molar-refractivity contribution in [3.05, 3.63) is 33.9 Å². The van der Waals surface area contributed by atoms with Crippen LogP contribution < -0.4 is 4.74 Å². The van der Waals surface area contributed by atoms with Gasteiger partial charge < -0.3 is 14.6 Å². The molecule has 1 aliphatic rings. The smallest absolute Gasteiger partial charge is 0.335 e. The molecule has 96 valence electrons. The zero-order chi connectivity index (χ0) is 13.1. The number of ether oxygens (including phenoxy) is 2. The summed E-state index contributed by atoms with van der Waals surface area (Å²) in [5, 5.41) is 19.7.